The maximum absolute atomic E-state index is 6.39. The summed E-state index contributed by atoms with van der Waals surface area (Å²) >= 11 is 6.39. The van der Waals surface area contributed by atoms with E-state index in [0.717, 1.165) is 18.1 Å². The van der Waals surface area contributed by atoms with Gasteiger partial charge in [-0.25, -0.2) is 0 Å². The van der Waals surface area contributed by atoms with Crippen LogP contribution in [0.1, 0.15) is 26.3 Å². The van der Waals surface area contributed by atoms with Crippen LogP contribution < -0.4 is 10.2 Å². The molecule has 0 spiro atoms. The van der Waals surface area contributed by atoms with Crippen molar-refractivity contribution in [3.63, 3.8) is 0 Å². The molecule has 1 aromatic carbocycles. The smallest absolute Gasteiger partial charge is 0.0642 e. The van der Waals surface area contributed by atoms with Gasteiger partial charge in [0.05, 0.1) is 10.7 Å². The van der Waals surface area contributed by atoms with Crippen LogP contribution >= 0.6 is 11.6 Å². The monoisotopic (exact) mass is 266 g/mol. The summed E-state index contributed by atoms with van der Waals surface area (Å²) in [7, 11) is 0. The Morgan fingerprint density at radius 1 is 1.39 bits per heavy atom. The van der Waals surface area contributed by atoms with E-state index in [1.54, 1.807) is 0 Å². The standard InChI is InChI=1S/C15H23ClN2/c1-10(2)14-9-18(12(4)8-17-14)15-6-5-11(3)7-13(15)16/h5-7,10,12,14,17H,8-9H2,1-4H3. The molecule has 1 fully saturated rings. The Kier molecular flexibility index (Phi) is 4.18. The molecule has 2 atom stereocenters. The molecule has 2 rings (SSSR count). The molecule has 1 aliphatic rings. The first-order valence-electron chi connectivity index (χ1n) is 6.75. The van der Waals surface area contributed by atoms with Crippen LogP contribution in [-0.4, -0.2) is 25.2 Å². The van der Waals surface area contributed by atoms with E-state index in [0.29, 0.717) is 18.0 Å². The van der Waals surface area contributed by atoms with Gasteiger partial charge < -0.3 is 10.2 Å². The second-order valence-corrected chi connectivity index (χ2v) is 6.12. The third-order valence-electron chi connectivity index (χ3n) is 3.82. The second kappa shape index (κ2) is 5.50. The van der Waals surface area contributed by atoms with Crippen molar-refractivity contribution in [2.45, 2.75) is 39.8 Å². The minimum Gasteiger partial charge on any atom is -0.365 e. The van der Waals surface area contributed by atoms with Crippen LogP contribution in [-0.2, 0) is 0 Å². The fourth-order valence-corrected chi connectivity index (χ4v) is 2.86. The molecular formula is C15H23ClN2. The van der Waals surface area contributed by atoms with Crippen molar-refractivity contribution < 1.29 is 0 Å². The second-order valence-electron chi connectivity index (χ2n) is 5.72. The minimum absolute atomic E-state index is 0.486. The third kappa shape index (κ3) is 2.81. The van der Waals surface area contributed by atoms with E-state index in [-0.39, 0.29) is 0 Å². The summed E-state index contributed by atoms with van der Waals surface area (Å²) in [6, 6.07) is 7.37. The molecular weight excluding hydrogens is 244 g/mol. The number of hydrogen-bond acceptors (Lipinski definition) is 2. The number of nitrogens with one attached hydrogen (secondary N) is 1. The summed E-state index contributed by atoms with van der Waals surface area (Å²) in [4.78, 5) is 2.43. The SMILES string of the molecule is Cc1ccc(N2CC(C(C)C)NCC2C)c(Cl)c1. The Morgan fingerprint density at radius 3 is 2.72 bits per heavy atom. The molecule has 18 heavy (non-hydrogen) atoms. The maximum atomic E-state index is 6.39. The fraction of sp³-hybridized carbons (Fsp3) is 0.600. The molecule has 100 valence electrons. The van der Waals surface area contributed by atoms with Crippen molar-refractivity contribution in [1.82, 2.24) is 5.32 Å². The van der Waals surface area contributed by atoms with Crippen LogP contribution in [0, 0.1) is 12.8 Å². The van der Waals surface area contributed by atoms with Crippen LogP contribution in [0.4, 0.5) is 5.69 Å². The zero-order chi connectivity index (χ0) is 13.3. The average Bonchev–Trinajstić information content (AvgIpc) is 2.30. The lowest BCUT2D eigenvalue weighted by atomic mass is 9.99. The Bertz CT molecular complexity index is 417. The van der Waals surface area contributed by atoms with Gasteiger partial charge in [0.1, 0.15) is 0 Å². The lowest BCUT2D eigenvalue weighted by molar-refractivity contribution is 0.337. The number of benzene rings is 1. The number of aryl methyl sites for hydroxylation is 1. The summed E-state index contributed by atoms with van der Waals surface area (Å²) in [5.74, 6) is 0.643. The highest BCUT2D eigenvalue weighted by Crippen LogP contribution is 2.30. The molecule has 1 aliphatic heterocycles. The van der Waals surface area contributed by atoms with Crippen molar-refractivity contribution in [2.75, 3.05) is 18.0 Å². The maximum Gasteiger partial charge on any atom is 0.0642 e. The van der Waals surface area contributed by atoms with Crippen molar-refractivity contribution in [2.24, 2.45) is 5.92 Å². The highest BCUT2D eigenvalue weighted by atomic mass is 35.5. The molecule has 0 amide bonds. The zero-order valence-corrected chi connectivity index (χ0v) is 12.5. The number of nitrogens with zero attached hydrogens (tertiary/aromatic N) is 1. The van der Waals surface area contributed by atoms with E-state index in [9.17, 15) is 0 Å². The molecule has 0 radical (unpaired) electrons. The summed E-state index contributed by atoms with van der Waals surface area (Å²) in [6.45, 7) is 10.9. The quantitative estimate of drug-likeness (QED) is 0.882. The molecule has 1 N–H and O–H groups in total. The summed E-state index contributed by atoms with van der Waals surface area (Å²) < 4.78 is 0. The van der Waals surface area contributed by atoms with Gasteiger partial charge in [-0.3, -0.25) is 0 Å². The van der Waals surface area contributed by atoms with E-state index in [4.69, 9.17) is 11.6 Å². The topological polar surface area (TPSA) is 15.3 Å². The normalized spacial score (nSPS) is 24.7. The van der Waals surface area contributed by atoms with E-state index >= 15 is 0 Å². The number of piperazine rings is 1. The minimum atomic E-state index is 0.486. The predicted molar refractivity (Wildman–Crippen MR) is 79.6 cm³/mol. The Labute approximate surface area is 115 Å². The molecule has 2 unspecified atom stereocenters. The van der Waals surface area contributed by atoms with Crippen LogP contribution in [0.25, 0.3) is 0 Å². The summed E-state index contributed by atoms with van der Waals surface area (Å²) in [6.07, 6.45) is 0. The Morgan fingerprint density at radius 2 is 2.11 bits per heavy atom. The number of hydrogen-bond donors (Lipinski definition) is 1. The van der Waals surface area contributed by atoms with Gasteiger partial charge in [0.15, 0.2) is 0 Å². The number of anilines is 1. The highest BCUT2D eigenvalue weighted by Gasteiger charge is 2.27. The van der Waals surface area contributed by atoms with Gasteiger partial charge in [-0.05, 0) is 37.5 Å². The molecule has 0 saturated carbocycles. The lowest BCUT2D eigenvalue weighted by Crippen LogP contribution is -2.57. The van der Waals surface area contributed by atoms with Gasteiger partial charge in [0.25, 0.3) is 0 Å². The van der Waals surface area contributed by atoms with Crippen molar-refractivity contribution in [3.8, 4) is 0 Å². The molecule has 1 aromatic rings. The first kappa shape index (κ1) is 13.7. The van der Waals surface area contributed by atoms with Gasteiger partial charge in [-0.1, -0.05) is 31.5 Å². The third-order valence-corrected chi connectivity index (χ3v) is 4.12. The van der Waals surface area contributed by atoms with Gasteiger partial charge in [0, 0.05) is 25.2 Å². The number of rotatable bonds is 2. The van der Waals surface area contributed by atoms with E-state index in [1.807, 2.05) is 0 Å². The summed E-state index contributed by atoms with van der Waals surface area (Å²) in [5, 5.41) is 4.48. The van der Waals surface area contributed by atoms with E-state index in [2.05, 4.69) is 56.1 Å². The average molecular weight is 267 g/mol. The van der Waals surface area contributed by atoms with E-state index < -0.39 is 0 Å². The lowest BCUT2D eigenvalue weighted by Gasteiger charge is -2.42. The molecule has 0 bridgehead atoms. The van der Waals surface area contributed by atoms with Crippen molar-refractivity contribution >= 4 is 17.3 Å². The van der Waals surface area contributed by atoms with Gasteiger partial charge in [0.2, 0.25) is 0 Å². The van der Waals surface area contributed by atoms with Gasteiger partial charge >= 0.3 is 0 Å². The predicted octanol–water partition coefficient (Wildman–Crippen LogP) is 3.47. The number of halogens is 1. The first-order valence-corrected chi connectivity index (χ1v) is 7.13. The van der Waals surface area contributed by atoms with Crippen molar-refractivity contribution in [1.29, 1.82) is 0 Å². The molecule has 1 heterocycles. The fourth-order valence-electron chi connectivity index (χ4n) is 2.52. The molecule has 0 aromatic heterocycles. The Balaban J connectivity index is 2.24. The highest BCUT2D eigenvalue weighted by molar-refractivity contribution is 6.33. The van der Waals surface area contributed by atoms with Gasteiger partial charge in [-0.2, -0.15) is 0 Å². The van der Waals surface area contributed by atoms with E-state index in [1.165, 1.54) is 11.3 Å². The zero-order valence-electron chi connectivity index (χ0n) is 11.7. The Hall–Kier alpha value is -0.730. The molecule has 3 heteroatoms. The molecule has 2 nitrogen and oxygen atoms in total. The van der Waals surface area contributed by atoms with Gasteiger partial charge in [-0.15, -0.1) is 0 Å². The first-order chi connectivity index (χ1) is 8.49. The van der Waals surface area contributed by atoms with Crippen LogP contribution in [0.5, 0.6) is 0 Å². The van der Waals surface area contributed by atoms with Crippen LogP contribution in [0.3, 0.4) is 0 Å². The van der Waals surface area contributed by atoms with Crippen molar-refractivity contribution in [3.05, 3.63) is 28.8 Å². The largest absolute Gasteiger partial charge is 0.365 e. The van der Waals surface area contributed by atoms with Crippen LogP contribution in [0.15, 0.2) is 18.2 Å². The molecule has 0 aliphatic carbocycles. The van der Waals surface area contributed by atoms with Crippen LogP contribution in [0.2, 0.25) is 5.02 Å². The molecule has 1 saturated heterocycles. The summed E-state index contributed by atoms with van der Waals surface area (Å²) in [5.41, 5.74) is 2.38.